The Bertz CT molecular complexity index is 548. The monoisotopic (exact) mass is 251 g/mol. The molecule has 0 heterocycles. The van der Waals surface area contributed by atoms with Crippen LogP contribution in [0.2, 0.25) is 0 Å². The maximum atomic E-state index is 3.78. The predicted octanol–water partition coefficient (Wildman–Crippen LogP) is 3.81. The van der Waals surface area contributed by atoms with Crippen LogP contribution in [0.3, 0.4) is 0 Å². The van der Waals surface area contributed by atoms with Crippen LogP contribution >= 0.6 is 0 Å². The zero-order valence-corrected chi connectivity index (χ0v) is 11.7. The van der Waals surface area contributed by atoms with Crippen LogP contribution in [0.25, 0.3) is 0 Å². The van der Waals surface area contributed by atoms with Gasteiger partial charge in [-0.2, -0.15) is 0 Å². The highest BCUT2D eigenvalue weighted by Gasteiger charge is 2.22. The molecule has 0 aromatic heterocycles. The summed E-state index contributed by atoms with van der Waals surface area (Å²) >= 11 is 0. The average molecular weight is 251 g/mol. The predicted molar refractivity (Wildman–Crippen MR) is 80.4 cm³/mol. The quantitative estimate of drug-likeness (QED) is 0.874. The molecule has 0 spiro atoms. The molecule has 1 N–H and O–H groups in total. The summed E-state index contributed by atoms with van der Waals surface area (Å²) in [4.78, 5) is 0. The van der Waals surface area contributed by atoms with E-state index < -0.39 is 0 Å². The Labute approximate surface area is 115 Å². The van der Waals surface area contributed by atoms with Gasteiger partial charge in [0, 0.05) is 12.1 Å². The number of fused-ring (bicyclic) bond motifs is 1. The lowest BCUT2D eigenvalue weighted by Crippen LogP contribution is -2.32. The molecule has 2 aromatic carbocycles. The first kappa shape index (κ1) is 12.4. The fourth-order valence-electron chi connectivity index (χ4n) is 3.19. The summed E-state index contributed by atoms with van der Waals surface area (Å²) in [5.41, 5.74) is 5.81. The van der Waals surface area contributed by atoms with E-state index in [9.17, 15) is 0 Å². The first-order valence-electron chi connectivity index (χ1n) is 7.12. The molecule has 0 fully saturated rings. The summed E-state index contributed by atoms with van der Waals surface area (Å²) in [6, 6.07) is 18.5. The first-order valence-corrected chi connectivity index (χ1v) is 7.12. The van der Waals surface area contributed by atoms with Crippen LogP contribution in [0.15, 0.2) is 48.5 Å². The summed E-state index contributed by atoms with van der Waals surface area (Å²) in [5, 5.41) is 3.78. The summed E-state index contributed by atoms with van der Waals surface area (Å²) < 4.78 is 0. The molecule has 0 saturated carbocycles. The Balaban J connectivity index is 1.69. The molecule has 0 radical (unpaired) electrons. The van der Waals surface area contributed by atoms with E-state index in [0.29, 0.717) is 12.1 Å². The van der Waals surface area contributed by atoms with Gasteiger partial charge in [0.15, 0.2) is 0 Å². The van der Waals surface area contributed by atoms with Gasteiger partial charge in [0.1, 0.15) is 0 Å². The van der Waals surface area contributed by atoms with Crippen LogP contribution in [-0.2, 0) is 12.8 Å². The second-order valence-corrected chi connectivity index (χ2v) is 5.62. The van der Waals surface area contributed by atoms with Gasteiger partial charge in [0.2, 0.25) is 0 Å². The molecule has 19 heavy (non-hydrogen) atoms. The average Bonchev–Trinajstić information content (AvgIpc) is 2.81. The van der Waals surface area contributed by atoms with Crippen molar-refractivity contribution in [1.82, 2.24) is 5.32 Å². The van der Waals surface area contributed by atoms with Crippen molar-refractivity contribution >= 4 is 0 Å². The van der Waals surface area contributed by atoms with Gasteiger partial charge in [-0.25, -0.2) is 0 Å². The van der Waals surface area contributed by atoms with Crippen LogP contribution in [0.4, 0.5) is 0 Å². The van der Waals surface area contributed by atoms with Crippen LogP contribution in [-0.4, -0.2) is 6.04 Å². The molecule has 1 nitrogen and oxygen atoms in total. The molecule has 1 unspecified atom stereocenters. The molecular formula is C18H21N. The standard InChI is InChI=1S/C18H21N/c1-13-7-3-6-10-18(13)14(2)19-17-11-15-8-4-5-9-16(15)12-17/h3-10,14,17,19H,11-12H2,1-2H3. The van der Waals surface area contributed by atoms with E-state index in [1.165, 1.54) is 22.3 Å². The van der Waals surface area contributed by atoms with Gasteiger partial charge in [-0.15, -0.1) is 0 Å². The van der Waals surface area contributed by atoms with Crippen molar-refractivity contribution in [3.05, 3.63) is 70.8 Å². The third-order valence-corrected chi connectivity index (χ3v) is 4.19. The Kier molecular flexibility index (Phi) is 3.39. The van der Waals surface area contributed by atoms with Crippen LogP contribution in [0, 0.1) is 6.92 Å². The van der Waals surface area contributed by atoms with E-state index in [0.717, 1.165) is 12.8 Å². The summed E-state index contributed by atoms with van der Waals surface area (Å²) in [6.45, 7) is 4.46. The highest BCUT2D eigenvalue weighted by Crippen LogP contribution is 2.25. The normalized spacial score (nSPS) is 16.3. The van der Waals surface area contributed by atoms with Gasteiger partial charge in [0.25, 0.3) is 0 Å². The molecule has 1 aliphatic carbocycles. The van der Waals surface area contributed by atoms with Crippen molar-refractivity contribution in [3.63, 3.8) is 0 Å². The first-order chi connectivity index (χ1) is 9.24. The zero-order valence-electron chi connectivity index (χ0n) is 11.7. The molecular weight excluding hydrogens is 230 g/mol. The van der Waals surface area contributed by atoms with Crippen molar-refractivity contribution in [2.45, 2.75) is 38.8 Å². The summed E-state index contributed by atoms with van der Waals surface area (Å²) in [5.74, 6) is 0. The minimum Gasteiger partial charge on any atom is -0.307 e. The van der Waals surface area contributed by atoms with E-state index >= 15 is 0 Å². The number of aryl methyl sites for hydroxylation is 1. The molecule has 1 aliphatic rings. The Morgan fingerprint density at radius 1 is 0.947 bits per heavy atom. The molecule has 1 atom stereocenters. The number of benzene rings is 2. The topological polar surface area (TPSA) is 12.0 Å². The fraction of sp³-hybridized carbons (Fsp3) is 0.333. The maximum Gasteiger partial charge on any atom is 0.0297 e. The van der Waals surface area contributed by atoms with Crippen molar-refractivity contribution in [2.24, 2.45) is 0 Å². The minimum atomic E-state index is 0.417. The molecule has 2 aromatic rings. The molecule has 98 valence electrons. The molecule has 0 amide bonds. The van der Waals surface area contributed by atoms with E-state index in [-0.39, 0.29) is 0 Å². The lowest BCUT2D eigenvalue weighted by molar-refractivity contribution is 0.466. The molecule has 0 bridgehead atoms. The Morgan fingerprint density at radius 3 is 2.16 bits per heavy atom. The largest absolute Gasteiger partial charge is 0.307 e. The number of nitrogens with one attached hydrogen (secondary N) is 1. The highest BCUT2D eigenvalue weighted by atomic mass is 14.9. The van der Waals surface area contributed by atoms with Gasteiger partial charge in [-0.1, -0.05) is 48.5 Å². The molecule has 1 heteroatoms. The zero-order chi connectivity index (χ0) is 13.2. The smallest absolute Gasteiger partial charge is 0.0297 e. The Hall–Kier alpha value is -1.60. The van der Waals surface area contributed by atoms with E-state index in [2.05, 4.69) is 67.7 Å². The summed E-state index contributed by atoms with van der Waals surface area (Å²) in [7, 11) is 0. The lowest BCUT2D eigenvalue weighted by atomic mass is 10.0. The van der Waals surface area contributed by atoms with E-state index in [1.54, 1.807) is 0 Å². The summed E-state index contributed by atoms with van der Waals surface area (Å²) in [6.07, 6.45) is 2.32. The number of hydrogen-bond acceptors (Lipinski definition) is 1. The maximum absolute atomic E-state index is 3.78. The van der Waals surface area contributed by atoms with Gasteiger partial charge in [-0.3, -0.25) is 0 Å². The third kappa shape index (κ3) is 2.57. The highest BCUT2D eigenvalue weighted by molar-refractivity contribution is 5.34. The van der Waals surface area contributed by atoms with Crippen molar-refractivity contribution < 1.29 is 0 Å². The third-order valence-electron chi connectivity index (χ3n) is 4.19. The lowest BCUT2D eigenvalue weighted by Gasteiger charge is -2.21. The van der Waals surface area contributed by atoms with Crippen molar-refractivity contribution in [1.29, 1.82) is 0 Å². The van der Waals surface area contributed by atoms with E-state index in [1.807, 2.05) is 0 Å². The molecule has 3 rings (SSSR count). The molecule has 0 saturated heterocycles. The Morgan fingerprint density at radius 2 is 1.53 bits per heavy atom. The van der Waals surface area contributed by atoms with Gasteiger partial charge >= 0.3 is 0 Å². The van der Waals surface area contributed by atoms with Crippen LogP contribution in [0.5, 0.6) is 0 Å². The number of rotatable bonds is 3. The number of hydrogen-bond donors (Lipinski definition) is 1. The van der Waals surface area contributed by atoms with E-state index in [4.69, 9.17) is 0 Å². The van der Waals surface area contributed by atoms with Crippen molar-refractivity contribution in [2.75, 3.05) is 0 Å². The second-order valence-electron chi connectivity index (χ2n) is 5.62. The SMILES string of the molecule is Cc1ccccc1C(C)NC1Cc2ccccc2C1. The van der Waals surface area contributed by atoms with Crippen LogP contribution < -0.4 is 5.32 Å². The van der Waals surface area contributed by atoms with Gasteiger partial charge < -0.3 is 5.32 Å². The van der Waals surface area contributed by atoms with Gasteiger partial charge in [0.05, 0.1) is 0 Å². The minimum absolute atomic E-state index is 0.417. The fourth-order valence-corrected chi connectivity index (χ4v) is 3.19. The second kappa shape index (κ2) is 5.18. The van der Waals surface area contributed by atoms with Crippen molar-refractivity contribution in [3.8, 4) is 0 Å². The van der Waals surface area contributed by atoms with Crippen LogP contribution in [0.1, 0.15) is 35.2 Å². The van der Waals surface area contributed by atoms with Gasteiger partial charge in [-0.05, 0) is 48.9 Å². The molecule has 0 aliphatic heterocycles.